The van der Waals surface area contributed by atoms with E-state index in [4.69, 9.17) is 11.5 Å². The van der Waals surface area contributed by atoms with Gasteiger partial charge in [0.2, 0.25) is 0 Å². The molecule has 0 aliphatic carbocycles. The van der Waals surface area contributed by atoms with Gasteiger partial charge in [-0.3, -0.25) is 0 Å². The normalized spacial score (nSPS) is 12.7. The first-order valence-electron chi connectivity index (χ1n) is 4.75. The molecule has 0 aliphatic heterocycles. The van der Waals surface area contributed by atoms with Crippen molar-refractivity contribution in [1.29, 1.82) is 0 Å². The van der Waals surface area contributed by atoms with Crippen LogP contribution in [0.3, 0.4) is 0 Å². The summed E-state index contributed by atoms with van der Waals surface area (Å²) in [6.45, 7) is 1.94. The zero-order valence-electron chi connectivity index (χ0n) is 8.47. The van der Waals surface area contributed by atoms with Gasteiger partial charge in [-0.15, -0.1) is 11.3 Å². The van der Waals surface area contributed by atoms with E-state index in [0.717, 1.165) is 16.1 Å². The molecule has 3 nitrogen and oxygen atoms in total. The molecular formula is C11H13N3S. The van der Waals surface area contributed by atoms with Crippen molar-refractivity contribution >= 4 is 16.5 Å². The summed E-state index contributed by atoms with van der Waals surface area (Å²) < 4.78 is 0. The maximum Gasteiger partial charge on any atom is 0.180 e. The first-order chi connectivity index (χ1) is 7.18. The molecule has 4 N–H and O–H groups in total. The molecule has 0 bridgehead atoms. The molecule has 2 rings (SSSR count). The van der Waals surface area contributed by atoms with Crippen molar-refractivity contribution in [3.63, 3.8) is 0 Å². The van der Waals surface area contributed by atoms with Crippen molar-refractivity contribution < 1.29 is 0 Å². The van der Waals surface area contributed by atoms with Crippen LogP contribution in [0.1, 0.15) is 17.8 Å². The highest BCUT2D eigenvalue weighted by Gasteiger charge is 2.14. The van der Waals surface area contributed by atoms with E-state index in [1.165, 1.54) is 11.3 Å². The van der Waals surface area contributed by atoms with Crippen LogP contribution in [0.15, 0.2) is 30.3 Å². The van der Waals surface area contributed by atoms with Gasteiger partial charge in [0, 0.05) is 11.6 Å². The molecular weight excluding hydrogens is 206 g/mol. The molecule has 1 aromatic heterocycles. The van der Waals surface area contributed by atoms with Gasteiger partial charge in [0.05, 0.1) is 10.6 Å². The molecule has 0 saturated carbocycles. The summed E-state index contributed by atoms with van der Waals surface area (Å²) in [5.41, 5.74) is 13.6. The zero-order valence-corrected chi connectivity index (χ0v) is 9.29. The molecule has 2 aromatic rings. The Kier molecular flexibility index (Phi) is 2.70. The Balaban J connectivity index is 2.53. The first-order valence-corrected chi connectivity index (χ1v) is 5.57. The minimum atomic E-state index is -0.0324. The predicted octanol–water partition coefficient (Wildman–Crippen LogP) is 2.41. The van der Waals surface area contributed by atoms with Gasteiger partial charge in [0.25, 0.3) is 0 Å². The number of nitrogen functional groups attached to an aromatic ring is 1. The molecule has 0 aliphatic rings. The molecule has 0 spiro atoms. The van der Waals surface area contributed by atoms with E-state index in [1.807, 2.05) is 37.3 Å². The highest BCUT2D eigenvalue weighted by molar-refractivity contribution is 7.15. The maximum absolute atomic E-state index is 5.88. The van der Waals surface area contributed by atoms with E-state index in [9.17, 15) is 0 Å². The summed E-state index contributed by atoms with van der Waals surface area (Å²) >= 11 is 1.46. The summed E-state index contributed by atoms with van der Waals surface area (Å²) in [5, 5.41) is 0.571. The molecule has 0 radical (unpaired) electrons. The number of benzene rings is 1. The lowest BCUT2D eigenvalue weighted by molar-refractivity contribution is 0.837. The number of aromatic nitrogens is 1. The molecule has 1 unspecified atom stereocenters. The van der Waals surface area contributed by atoms with Crippen LogP contribution in [-0.4, -0.2) is 4.98 Å². The molecule has 1 aromatic carbocycles. The number of anilines is 1. The van der Waals surface area contributed by atoms with Crippen molar-refractivity contribution in [2.24, 2.45) is 5.73 Å². The second-order valence-corrected chi connectivity index (χ2v) is 4.48. The predicted molar refractivity (Wildman–Crippen MR) is 64.6 cm³/mol. The Morgan fingerprint density at radius 1 is 1.27 bits per heavy atom. The van der Waals surface area contributed by atoms with Crippen LogP contribution in [0, 0.1) is 0 Å². The van der Waals surface area contributed by atoms with Gasteiger partial charge < -0.3 is 11.5 Å². The smallest absolute Gasteiger partial charge is 0.180 e. The summed E-state index contributed by atoms with van der Waals surface area (Å²) in [5.74, 6) is 0. The van der Waals surface area contributed by atoms with E-state index in [2.05, 4.69) is 4.98 Å². The van der Waals surface area contributed by atoms with Crippen molar-refractivity contribution in [1.82, 2.24) is 4.98 Å². The third-order valence-corrected chi connectivity index (χ3v) is 3.22. The van der Waals surface area contributed by atoms with Gasteiger partial charge in [-0.25, -0.2) is 4.98 Å². The van der Waals surface area contributed by atoms with Crippen LogP contribution in [0.4, 0.5) is 5.13 Å². The molecule has 4 heteroatoms. The van der Waals surface area contributed by atoms with Crippen molar-refractivity contribution in [3.05, 3.63) is 35.2 Å². The Bertz CT molecular complexity index is 448. The third kappa shape index (κ3) is 2.00. The lowest BCUT2D eigenvalue weighted by Crippen LogP contribution is -2.04. The van der Waals surface area contributed by atoms with Crippen LogP contribution < -0.4 is 11.5 Å². The first kappa shape index (κ1) is 10.1. The van der Waals surface area contributed by atoms with E-state index < -0.39 is 0 Å². The van der Waals surface area contributed by atoms with Gasteiger partial charge in [0.15, 0.2) is 5.13 Å². The average molecular weight is 219 g/mol. The number of nitrogens with two attached hydrogens (primary N) is 2. The summed E-state index contributed by atoms with van der Waals surface area (Å²) in [4.78, 5) is 5.36. The van der Waals surface area contributed by atoms with E-state index in [0.29, 0.717) is 5.13 Å². The van der Waals surface area contributed by atoms with Crippen molar-refractivity contribution in [3.8, 4) is 11.3 Å². The van der Waals surface area contributed by atoms with Crippen LogP contribution in [-0.2, 0) is 0 Å². The number of rotatable bonds is 2. The van der Waals surface area contributed by atoms with Gasteiger partial charge >= 0.3 is 0 Å². The topological polar surface area (TPSA) is 64.9 Å². The SMILES string of the molecule is CC(N)c1sc(N)nc1-c1ccccc1. The monoisotopic (exact) mass is 219 g/mol. The van der Waals surface area contributed by atoms with Gasteiger partial charge in [0.1, 0.15) is 0 Å². The van der Waals surface area contributed by atoms with Crippen LogP contribution >= 0.6 is 11.3 Å². The number of nitrogens with zero attached hydrogens (tertiary/aromatic N) is 1. The number of hydrogen-bond donors (Lipinski definition) is 2. The van der Waals surface area contributed by atoms with Crippen LogP contribution in [0.5, 0.6) is 0 Å². The van der Waals surface area contributed by atoms with E-state index in [1.54, 1.807) is 0 Å². The summed E-state index contributed by atoms with van der Waals surface area (Å²) in [6, 6.07) is 9.94. The number of thiazole rings is 1. The van der Waals surface area contributed by atoms with E-state index in [-0.39, 0.29) is 6.04 Å². The number of hydrogen-bond acceptors (Lipinski definition) is 4. The maximum atomic E-state index is 5.88. The van der Waals surface area contributed by atoms with Gasteiger partial charge in [-0.2, -0.15) is 0 Å². The molecule has 1 atom stereocenters. The lowest BCUT2D eigenvalue weighted by atomic mass is 10.1. The summed E-state index contributed by atoms with van der Waals surface area (Å²) in [7, 11) is 0. The highest BCUT2D eigenvalue weighted by atomic mass is 32.1. The largest absolute Gasteiger partial charge is 0.375 e. The fourth-order valence-electron chi connectivity index (χ4n) is 1.46. The standard InChI is InChI=1S/C11H13N3S/c1-7(12)10-9(14-11(13)15-10)8-5-3-2-4-6-8/h2-7H,12H2,1H3,(H2,13,14). The highest BCUT2D eigenvalue weighted by Crippen LogP contribution is 2.32. The minimum absolute atomic E-state index is 0.0324. The molecule has 15 heavy (non-hydrogen) atoms. The Morgan fingerprint density at radius 2 is 1.93 bits per heavy atom. The van der Waals surface area contributed by atoms with Crippen molar-refractivity contribution in [2.75, 3.05) is 5.73 Å². The van der Waals surface area contributed by atoms with Gasteiger partial charge in [-0.05, 0) is 6.92 Å². The molecule has 1 heterocycles. The molecule has 0 fully saturated rings. The quantitative estimate of drug-likeness (QED) is 0.815. The third-order valence-electron chi connectivity index (χ3n) is 2.13. The average Bonchev–Trinajstić information content (AvgIpc) is 2.62. The Morgan fingerprint density at radius 3 is 2.53 bits per heavy atom. The second-order valence-electron chi connectivity index (χ2n) is 3.42. The van der Waals surface area contributed by atoms with Crippen LogP contribution in [0.25, 0.3) is 11.3 Å². The fraction of sp³-hybridized carbons (Fsp3) is 0.182. The second kappa shape index (κ2) is 4.00. The lowest BCUT2D eigenvalue weighted by Gasteiger charge is -2.04. The van der Waals surface area contributed by atoms with Gasteiger partial charge in [-0.1, -0.05) is 30.3 Å². The van der Waals surface area contributed by atoms with Crippen molar-refractivity contribution in [2.45, 2.75) is 13.0 Å². The van der Waals surface area contributed by atoms with E-state index >= 15 is 0 Å². The fourth-order valence-corrected chi connectivity index (χ4v) is 2.27. The zero-order chi connectivity index (χ0) is 10.8. The van der Waals surface area contributed by atoms with Crippen LogP contribution in [0.2, 0.25) is 0 Å². The Labute approximate surface area is 92.8 Å². The minimum Gasteiger partial charge on any atom is -0.375 e. The molecule has 0 saturated heterocycles. The Hall–Kier alpha value is -1.39. The molecule has 0 amide bonds. The summed E-state index contributed by atoms with van der Waals surface area (Å²) in [6.07, 6.45) is 0. The molecule has 78 valence electrons.